The average molecular weight is 368 g/mol. The molecule has 1 fully saturated rings. The van der Waals surface area contributed by atoms with Gasteiger partial charge in [-0.25, -0.2) is 18.8 Å². The van der Waals surface area contributed by atoms with E-state index in [0.29, 0.717) is 43.5 Å². The van der Waals surface area contributed by atoms with Crippen molar-refractivity contribution in [3.8, 4) is 0 Å². The van der Waals surface area contributed by atoms with Crippen LogP contribution in [0.1, 0.15) is 12.8 Å². The van der Waals surface area contributed by atoms with Crippen LogP contribution in [0.3, 0.4) is 0 Å². The molecule has 1 spiro atoms. The molecule has 1 aromatic heterocycles. The Balaban J connectivity index is 1.52. The number of nitrogens with two attached hydrogens (primary N) is 1. The zero-order valence-corrected chi connectivity index (χ0v) is 14.5. The number of nitrogens with one attached hydrogen (secondary N) is 1. The number of hydrogen-bond donors (Lipinski definition) is 2. The van der Waals surface area contributed by atoms with Crippen LogP contribution in [0.4, 0.5) is 20.4 Å². The highest BCUT2D eigenvalue weighted by Gasteiger charge is 2.41. The van der Waals surface area contributed by atoms with E-state index in [1.54, 1.807) is 0 Å². The second-order valence-electron chi connectivity index (χ2n) is 6.95. The molecule has 27 heavy (non-hydrogen) atoms. The van der Waals surface area contributed by atoms with Crippen molar-refractivity contribution in [2.45, 2.75) is 18.5 Å². The zero-order valence-electron chi connectivity index (χ0n) is 14.5. The molecule has 0 aliphatic carbocycles. The van der Waals surface area contributed by atoms with Crippen LogP contribution in [0, 0.1) is 11.6 Å². The largest absolute Gasteiger partial charge is 0.370 e. The van der Waals surface area contributed by atoms with E-state index in [-0.39, 0.29) is 0 Å². The third kappa shape index (κ3) is 2.43. The van der Waals surface area contributed by atoms with Crippen LogP contribution in [0.2, 0.25) is 0 Å². The predicted molar refractivity (Wildman–Crippen MR) is 101 cm³/mol. The molecule has 0 unspecified atom stereocenters. The van der Waals surface area contributed by atoms with Gasteiger partial charge < -0.3 is 10.6 Å². The molecule has 5 rings (SSSR count). The Labute approximate surface area is 154 Å². The van der Waals surface area contributed by atoms with Crippen molar-refractivity contribution >= 4 is 28.6 Å². The molecule has 2 aliphatic heterocycles. The van der Waals surface area contributed by atoms with Gasteiger partial charge in [0, 0.05) is 32.0 Å². The van der Waals surface area contributed by atoms with Gasteiger partial charge in [0.2, 0.25) is 5.95 Å². The van der Waals surface area contributed by atoms with Crippen LogP contribution in [-0.2, 0) is 5.66 Å². The maximum Gasteiger partial charge on any atom is 0.212 e. The maximum atomic E-state index is 14.2. The van der Waals surface area contributed by atoms with E-state index in [9.17, 15) is 8.78 Å². The highest BCUT2D eigenvalue weighted by molar-refractivity contribution is 5.94. The van der Waals surface area contributed by atoms with Gasteiger partial charge in [-0.05, 0) is 24.3 Å². The summed E-state index contributed by atoms with van der Waals surface area (Å²) in [5.41, 5.74) is 7.74. The second-order valence-corrected chi connectivity index (χ2v) is 6.95. The van der Waals surface area contributed by atoms with E-state index < -0.39 is 17.3 Å². The van der Waals surface area contributed by atoms with Gasteiger partial charge >= 0.3 is 0 Å². The minimum absolute atomic E-state index is 0.333. The first-order chi connectivity index (χ1) is 13.1. The Bertz CT molecular complexity index is 1070. The lowest BCUT2D eigenvalue weighted by Crippen LogP contribution is -2.49. The summed E-state index contributed by atoms with van der Waals surface area (Å²) in [6.45, 7) is 1.15. The fourth-order valence-electron chi connectivity index (χ4n) is 4.13. The molecule has 8 heteroatoms. The molecular weight excluding hydrogens is 350 g/mol. The number of halogens is 2. The number of guanidine groups is 1. The van der Waals surface area contributed by atoms with E-state index in [1.807, 2.05) is 29.2 Å². The molecule has 3 heterocycles. The molecule has 2 aliphatic rings. The average Bonchev–Trinajstić information content (AvgIpc) is 3.01. The summed E-state index contributed by atoms with van der Waals surface area (Å²) in [6.07, 6.45) is 1.28. The number of piperidine rings is 1. The summed E-state index contributed by atoms with van der Waals surface area (Å²) in [5.74, 6) is -0.118. The SMILES string of the molecule is NC1=NC2(CCN(c3ccc(F)cc3F)CC2)n2c(nc3ccccc32)N1. The summed E-state index contributed by atoms with van der Waals surface area (Å²) >= 11 is 0. The predicted octanol–water partition coefficient (Wildman–Crippen LogP) is 3.01. The van der Waals surface area contributed by atoms with E-state index in [0.717, 1.165) is 17.1 Å². The molecule has 1 saturated heterocycles. The lowest BCUT2D eigenvalue weighted by atomic mass is 9.95. The number of aliphatic imine (C=N–C) groups is 1. The fraction of sp³-hybridized carbons (Fsp3) is 0.263. The molecule has 0 atom stereocenters. The molecule has 0 bridgehead atoms. The van der Waals surface area contributed by atoms with Crippen molar-refractivity contribution < 1.29 is 8.78 Å². The Kier molecular flexibility index (Phi) is 3.37. The first kappa shape index (κ1) is 16.0. The lowest BCUT2D eigenvalue weighted by molar-refractivity contribution is 0.238. The van der Waals surface area contributed by atoms with E-state index in [4.69, 9.17) is 10.7 Å². The van der Waals surface area contributed by atoms with Crippen LogP contribution < -0.4 is 16.0 Å². The highest BCUT2D eigenvalue weighted by atomic mass is 19.1. The minimum atomic E-state index is -0.574. The zero-order chi connectivity index (χ0) is 18.6. The highest BCUT2D eigenvalue weighted by Crippen LogP contribution is 2.40. The van der Waals surface area contributed by atoms with Crippen molar-refractivity contribution in [3.63, 3.8) is 0 Å². The van der Waals surface area contributed by atoms with Crippen LogP contribution in [0.5, 0.6) is 0 Å². The normalized spacial score (nSPS) is 18.3. The second kappa shape index (κ2) is 5.67. The molecule has 0 amide bonds. The van der Waals surface area contributed by atoms with Crippen molar-refractivity contribution in [1.82, 2.24) is 9.55 Å². The Hall–Kier alpha value is -3.16. The summed E-state index contributed by atoms with van der Waals surface area (Å²) in [4.78, 5) is 11.3. The minimum Gasteiger partial charge on any atom is -0.370 e. The molecular formula is C19H18F2N6. The van der Waals surface area contributed by atoms with E-state index in [1.165, 1.54) is 12.1 Å². The van der Waals surface area contributed by atoms with Crippen LogP contribution >= 0.6 is 0 Å². The monoisotopic (exact) mass is 368 g/mol. The molecule has 2 aromatic carbocycles. The van der Waals surface area contributed by atoms with Gasteiger partial charge in [-0.1, -0.05) is 12.1 Å². The van der Waals surface area contributed by atoms with Crippen LogP contribution in [0.25, 0.3) is 11.0 Å². The number of nitrogens with zero attached hydrogens (tertiary/aromatic N) is 4. The maximum absolute atomic E-state index is 14.2. The third-order valence-corrected chi connectivity index (χ3v) is 5.36. The number of anilines is 2. The standard InChI is InChI=1S/C19H18F2N6/c20-12-5-6-15(13(21)11-12)26-9-7-19(8-10-26)25-17(22)24-18-23-14-3-1-2-4-16(14)27(18)19/h1-6,11H,7-10H2,(H3,22,23,24,25). The van der Waals surface area contributed by atoms with Gasteiger partial charge in [0.05, 0.1) is 16.7 Å². The number of benzene rings is 2. The lowest BCUT2D eigenvalue weighted by Gasteiger charge is -2.43. The van der Waals surface area contributed by atoms with Crippen molar-refractivity contribution in [2.75, 3.05) is 23.3 Å². The van der Waals surface area contributed by atoms with Gasteiger partial charge in [-0.2, -0.15) is 0 Å². The number of rotatable bonds is 1. The fourth-order valence-corrected chi connectivity index (χ4v) is 4.13. The third-order valence-electron chi connectivity index (χ3n) is 5.36. The van der Waals surface area contributed by atoms with Gasteiger partial charge in [0.15, 0.2) is 5.96 Å². The van der Waals surface area contributed by atoms with Crippen LogP contribution in [0.15, 0.2) is 47.5 Å². The molecule has 0 saturated carbocycles. The summed E-state index contributed by atoms with van der Waals surface area (Å²) < 4.78 is 29.5. The number of hydrogen-bond acceptors (Lipinski definition) is 5. The van der Waals surface area contributed by atoms with E-state index in [2.05, 4.69) is 14.9 Å². The van der Waals surface area contributed by atoms with Gasteiger partial charge in [-0.3, -0.25) is 9.88 Å². The van der Waals surface area contributed by atoms with Crippen LogP contribution in [-0.4, -0.2) is 28.6 Å². The van der Waals surface area contributed by atoms with Crippen molar-refractivity contribution in [2.24, 2.45) is 10.7 Å². The molecule has 6 nitrogen and oxygen atoms in total. The first-order valence-corrected chi connectivity index (χ1v) is 8.86. The number of para-hydroxylation sites is 2. The quantitative estimate of drug-likeness (QED) is 0.693. The van der Waals surface area contributed by atoms with Gasteiger partial charge in [0.25, 0.3) is 0 Å². The molecule has 138 valence electrons. The molecule has 3 N–H and O–H groups in total. The Morgan fingerprint density at radius 1 is 1.07 bits per heavy atom. The molecule has 0 radical (unpaired) electrons. The van der Waals surface area contributed by atoms with Crippen molar-refractivity contribution in [1.29, 1.82) is 0 Å². The summed E-state index contributed by atoms with van der Waals surface area (Å²) in [6, 6.07) is 11.6. The van der Waals surface area contributed by atoms with Gasteiger partial charge in [0.1, 0.15) is 17.3 Å². The number of aromatic nitrogens is 2. The smallest absolute Gasteiger partial charge is 0.212 e. The Morgan fingerprint density at radius 2 is 1.85 bits per heavy atom. The summed E-state index contributed by atoms with van der Waals surface area (Å²) in [5, 5.41) is 3.04. The number of fused-ring (bicyclic) bond motifs is 4. The van der Waals surface area contributed by atoms with E-state index >= 15 is 0 Å². The topological polar surface area (TPSA) is 71.5 Å². The number of imidazole rings is 1. The Morgan fingerprint density at radius 3 is 2.63 bits per heavy atom. The molecule has 3 aromatic rings. The van der Waals surface area contributed by atoms with Gasteiger partial charge in [-0.15, -0.1) is 0 Å². The summed E-state index contributed by atoms with van der Waals surface area (Å²) in [7, 11) is 0. The van der Waals surface area contributed by atoms with Crippen molar-refractivity contribution in [3.05, 3.63) is 54.1 Å². The first-order valence-electron chi connectivity index (χ1n) is 8.86.